The number of nitrogens with one attached hydrogen (secondary N) is 1. The summed E-state index contributed by atoms with van der Waals surface area (Å²) < 4.78 is 0. The molecule has 2 rings (SSSR count). The van der Waals surface area contributed by atoms with Crippen molar-refractivity contribution in [1.82, 2.24) is 0 Å². The number of rotatable bonds is 2. The molecule has 0 spiro atoms. The highest BCUT2D eigenvalue weighted by atomic mass is 14.8. The predicted octanol–water partition coefficient (Wildman–Crippen LogP) is 2.68. The van der Waals surface area contributed by atoms with Crippen molar-refractivity contribution in [3.05, 3.63) is 54.9 Å². The van der Waals surface area contributed by atoms with Gasteiger partial charge in [0.15, 0.2) is 0 Å². The number of benzene rings is 2. The van der Waals surface area contributed by atoms with Crippen LogP contribution in [0.5, 0.6) is 0 Å². The zero-order valence-corrected chi connectivity index (χ0v) is 7.77. The molecule has 0 aliphatic heterocycles. The van der Waals surface area contributed by atoms with Crippen LogP contribution >= 0.6 is 0 Å². The Hall–Kier alpha value is -1.96. The predicted molar refractivity (Wildman–Crippen MR) is 60.9 cm³/mol. The van der Waals surface area contributed by atoms with Gasteiger partial charge in [-0.05, 0) is 11.5 Å². The lowest BCUT2D eigenvalue weighted by atomic mass is 10.1. The Morgan fingerprint density at radius 3 is 2.64 bits per heavy atom. The average molecular weight is 184 g/mol. The van der Waals surface area contributed by atoms with Crippen molar-refractivity contribution < 1.29 is 0 Å². The third-order valence-corrected chi connectivity index (χ3v) is 2.12. The number of hydrogen-bond donors (Lipinski definition) is 2. The Morgan fingerprint density at radius 1 is 1.00 bits per heavy atom. The average Bonchev–Trinajstić information content (AvgIpc) is 2.26. The summed E-state index contributed by atoms with van der Waals surface area (Å²) in [5, 5.41) is 5.56. The summed E-state index contributed by atoms with van der Waals surface area (Å²) in [7, 11) is 0. The van der Waals surface area contributed by atoms with Crippen molar-refractivity contribution in [1.29, 1.82) is 0 Å². The van der Waals surface area contributed by atoms with Crippen molar-refractivity contribution in [3.8, 4) is 0 Å². The van der Waals surface area contributed by atoms with Gasteiger partial charge < -0.3 is 11.1 Å². The van der Waals surface area contributed by atoms with Crippen LogP contribution in [0.4, 0.5) is 5.69 Å². The van der Waals surface area contributed by atoms with Crippen LogP contribution in [0.25, 0.3) is 10.8 Å². The summed E-state index contributed by atoms with van der Waals surface area (Å²) in [4.78, 5) is 0. The first kappa shape index (κ1) is 8.63. The maximum Gasteiger partial charge on any atom is 0.0459 e. The van der Waals surface area contributed by atoms with Crippen LogP contribution in [0.2, 0.25) is 0 Å². The van der Waals surface area contributed by atoms with Gasteiger partial charge in [0.1, 0.15) is 0 Å². The van der Waals surface area contributed by atoms with E-state index in [9.17, 15) is 0 Å². The van der Waals surface area contributed by atoms with Gasteiger partial charge in [0, 0.05) is 23.5 Å². The molecule has 0 unspecified atom stereocenters. The zero-order chi connectivity index (χ0) is 9.80. The molecule has 0 amide bonds. The van der Waals surface area contributed by atoms with Crippen LogP contribution in [0.1, 0.15) is 0 Å². The molecule has 0 fully saturated rings. The fraction of sp³-hybridized carbons (Fsp3) is 0. The Bertz CT molecular complexity index is 455. The monoisotopic (exact) mass is 184 g/mol. The van der Waals surface area contributed by atoms with Crippen molar-refractivity contribution in [3.63, 3.8) is 0 Å². The highest BCUT2D eigenvalue weighted by molar-refractivity contribution is 5.94. The van der Waals surface area contributed by atoms with Crippen LogP contribution in [0, 0.1) is 0 Å². The summed E-state index contributed by atoms with van der Waals surface area (Å²) in [5.74, 6) is 0. The van der Waals surface area contributed by atoms with Crippen LogP contribution in [0.15, 0.2) is 54.9 Å². The molecule has 0 aliphatic carbocycles. The first-order chi connectivity index (χ1) is 6.92. The standard InChI is InChI=1S/C12H12N2/c13-8-9-14-12-7-3-5-10-4-1-2-6-11(10)12/h1-9,14H,13H2. The molecular formula is C12H12N2. The zero-order valence-electron chi connectivity index (χ0n) is 7.77. The second-order valence-corrected chi connectivity index (χ2v) is 3.03. The van der Waals surface area contributed by atoms with E-state index in [0.717, 1.165) is 5.69 Å². The normalized spacial score (nSPS) is 10.9. The summed E-state index contributed by atoms with van der Waals surface area (Å²) in [6.45, 7) is 0. The van der Waals surface area contributed by atoms with Gasteiger partial charge in [0.25, 0.3) is 0 Å². The Labute approximate surface area is 83.0 Å². The maximum absolute atomic E-state index is 5.28. The third kappa shape index (κ3) is 1.55. The molecule has 2 aromatic rings. The van der Waals surface area contributed by atoms with Crippen molar-refractivity contribution in [2.24, 2.45) is 5.73 Å². The molecule has 0 aromatic heterocycles. The van der Waals surface area contributed by atoms with Gasteiger partial charge in [-0.3, -0.25) is 0 Å². The number of fused-ring (bicyclic) bond motifs is 1. The van der Waals surface area contributed by atoms with Gasteiger partial charge in [-0.15, -0.1) is 0 Å². The van der Waals surface area contributed by atoms with E-state index in [-0.39, 0.29) is 0 Å². The number of nitrogens with two attached hydrogens (primary N) is 1. The molecular weight excluding hydrogens is 172 g/mol. The van der Waals surface area contributed by atoms with Crippen LogP contribution in [-0.2, 0) is 0 Å². The molecule has 0 bridgehead atoms. The van der Waals surface area contributed by atoms with Crippen LogP contribution in [0.3, 0.4) is 0 Å². The molecule has 0 saturated carbocycles. The minimum Gasteiger partial charge on any atom is -0.403 e. The van der Waals surface area contributed by atoms with Crippen molar-refractivity contribution in [2.45, 2.75) is 0 Å². The maximum atomic E-state index is 5.28. The minimum atomic E-state index is 1.07. The summed E-state index contributed by atoms with van der Waals surface area (Å²) in [6, 6.07) is 14.4. The molecule has 14 heavy (non-hydrogen) atoms. The molecule has 0 saturated heterocycles. The molecule has 0 radical (unpaired) electrons. The van der Waals surface area contributed by atoms with Gasteiger partial charge in [0.05, 0.1) is 0 Å². The van der Waals surface area contributed by atoms with Gasteiger partial charge in [-0.25, -0.2) is 0 Å². The Balaban J connectivity index is 2.53. The molecule has 3 N–H and O–H groups in total. The molecule has 70 valence electrons. The van der Waals surface area contributed by atoms with E-state index in [2.05, 4.69) is 23.5 Å². The fourth-order valence-electron chi connectivity index (χ4n) is 1.49. The lowest BCUT2D eigenvalue weighted by Crippen LogP contribution is -1.90. The van der Waals surface area contributed by atoms with E-state index in [1.54, 1.807) is 6.20 Å². The van der Waals surface area contributed by atoms with Gasteiger partial charge in [-0.1, -0.05) is 36.4 Å². The topological polar surface area (TPSA) is 38.0 Å². The smallest absolute Gasteiger partial charge is 0.0459 e. The van der Waals surface area contributed by atoms with E-state index in [1.807, 2.05) is 24.3 Å². The largest absolute Gasteiger partial charge is 0.403 e. The van der Waals surface area contributed by atoms with E-state index in [1.165, 1.54) is 17.0 Å². The highest BCUT2D eigenvalue weighted by Crippen LogP contribution is 2.22. The highest BCUT2D eigenvalue weighted by Gasteiger charge is 1.96. The second kappa shape index (κ2) is 3.83. The number of hydrogen-bond acceptors (Lipinski definition) is 2. The van der Waals surface area contributed by atoms with Gasteiger partial charge in [-0.2, -0.15) is 0 Å². The first-order valence-electron chi connectivity index (χ1n) is 4.53. The van der Waals surface area contributed by atoms with Crippen molar-refractivity contribution in [2.75, 3.05) is 5.32 Å². The minimum absolute atomic E-state index is 1.07. The van der Waals surface area contributed by atoms with Crippen LogP contribution in [-0.4, -0.2) is 0 Å². The molecule has 0 heterocycles. The first-order valence-corrected chi connectivity index (χ1v) is 4.53. The van der Waals surface area contributed by atoms with Crippen LogP contribution < -0.4 is 11.1 Å². The summed E-state index contributed by atoms with van der Waals surface area (Å²) in [5.41, 5.74) is 6.35. The molecule has 0 atom stereocenters. The molecule has 2 aromatic carbocycles. The molecule has 2 heteroatoms. The Morgan fingerprint density at radius 2 is 1.79 bits per heavy atom. The molecule has 0 aliphatic rings. The lowest BCUT2D eigenvalue weighted by molar-refractivity contribution is 1.53. The third-order valence-electron chi connectivity index (χ3n) is 2.12. The SMILES string of the molecule is NC=CNc1cccc2ccccc12. The number of anilines is 1. The van der Waals surface area contributed by atoms with E-state index >= 15 is 0 Å². The van der Waals surface area contributed by atoms with E-state index in [4.69, 9.17) is 5.73 Å². The Kier molecular flexibility index (Phi) is 2.36. The van der Waals surface area contributed by atoms with E-state index < -0.39 is 0 Å². The van der Waals surface area contributed by atoms with E-state index in [0.29, 0.717) is 0 Å². The second-order valence-electron chi connectivity index (χ2n) is 3.03. The van der Waals surface area contributed by atoms with Crippen molar-refractivity contribution >= 4 is 16.5 Å². The van der Waals surface area contributed by atoms with Gasteiger partial charge >= 0.3 is 0 Å². The molecule has 2 nitrogen and oxygen atoms in total. The lowest BCUT2D eigenvalue weighted by Gasteiger charge is -2.05. The quantitative estimate of drug-likeness (QED) is 0.753. The fourth-order valence-corrected chi connectivity index (χ4v) is 1.49. The summed E-state index contributed by atoms with van der Waals surface area (Å²) in [6.07, 6.45) is 3.21. The summed E-state index contributed by atoms with van der Waals surface area (Å²) >= 11 is 0. The van der Waals surface area contributed by atoms with Gasteiger partial charge in [0.2, 0.25) is 0 Å².